The number of hydrogen-bond donors (Lipinski definition) is 3. The van der Waals surface area contributed by atoms with Crippen molar-refractivity contribution in [3.05, 3.63) is 29.8 Å². The summed E-state index contributed by atoms with van der Waals surface area (Å²) < 4.78 is 0.642. The van der Waals surface area contributed by atoms with Gasteiger partial charge in [-0.25, -0.2) is 4.79 Å². The molecule has 1 aromatic carbocycles. The second-order valence-electron chi connectivity index (χ2n) is 5.50. The number of amides is 3. The molecule has 1 heterocycles. The minimum Gasteiger partial charge on any atom is -0.351 e. The molecule has 0 spiro atoms. The van der Waals surface area contributed by atoms with Gasteiger partial charge in [-0.1, -0.05) is 49.1 Å². The van der Waals surface area contributed by atoms with Gasteiger partial charge >= 0.3 is 6.03 Å². The molecule has 0 aliphatic heterocycles. The summed E-state index contributed by atoms with van der Waals surface area (Å²) in [7, 11) is 0. The molecule has 1 atom stereocenters. The van der Waals surface area contributed by atoms with Crippen molar-refractivity contribution in [1.29, 1.82) is 0 Å². The molecule has 0 bridgehead atoms. The summed E-state index contributed by atoms with van der Waals surface area (Å²) >= 11 is 2.62. The van der Waals surface area contributed by atoms with Crippen LogP contribution in [-0.4, -0.2) is 27.4 Å². The Morgan fingerprint density at radius 1 is 1.29 bits per heavy atom. The first-order chi connectivity index (χ1) is 11.3. The van der Waals surface area contributed by atoms with Gasteiger partial charge in [0.25, 0.3) is 0 Å². The number of primary amides is 1. The summed E-state index contributed by atoms with van der Waals surface area (Å²) in [5, 5.41) is 13.6. The molecule has 0 radical (unpaired) electrons. The van der Waals surface area contributed by atoms with E-state index in [0.717, 1.165) is 11.3 Å². The number of rotatable bonds is 6. The number of nitrogens with one attached hydrogen (secondary N) is 2. The van der Waals surface area contributed by atoms with Gasteiger partial charge in [-0.3, -0.25) is 10.1 Å². The van der Waals surface area contributed by atoms with Crippen molar-refractivity contribution >= 4 is 45.9 Å². The molecule has 7 nitrogen and oxygen atoms in total. The third kappa shape index (κ3) is 5.20. The minimum atomic E-state index is -0.856. The van der Waals surface area contributed by atoms with E-state index in [9.17, 15) is 9.59 Å². The van der Waals surface area contributed by atoms with Crippen LogP contribution in [0, 0.1) is 12.8 Å². The van der Waals surface area contributed by atoms with Gasteiger partial charge in [-0.2, -0.15) is 0 Å². The first-order valence-corrected chi connectivity index (χ1v) is 8.99. The smallest absolute Gasteiger partial charge is 0.318 e. The van der Waals surface area contributed by atoms with Gasteiger partial charge in [-0.15, -0.1) is 10.2 Å². The van der Waals surface area contributed by atoms with E-state index in [1.165, 1.54) is 23.1 Å². The average molecular weight is 365 g/mol. The van der Waals surface area contributed by atoms with E-state index >= 15 is 0 Å². The third-order valence-corrected chi connectivity index (χ3v) is 5.48. The average Bonchev–Trinajstić information content (AvgIpc) is 2.91. The Labute approximate surface area is 148 Å². The number of benzene rings is 1. The molecule has 4 N–H and O–H groups in total. The van der Waals surface area contributed by atoms with E-state index in [1.54, 1.807) is 0 Å². The van der Waals surface area contributed by atoms with E-state index in [0.29, 0.717) is 9.47 Å². The lowest BCUT2D eigenvalue weighted by Gasteiger charge is -2.16. The lowest BCUT2D eigenvalue weighted by molar-refractivity contribution is -0.120. The van der Waals surface area contributed by atoms with Crippen molar-refractivity contribution in [2.24, 2.45) is 11.7 Å². The maximum absolute atomic E-state index is 12.0. The number of nitrogens with zero attached hydrogens (tertiary/aromatic N) is 2. The van der Waals surface area contributed by atoms with Crippen LogP contribution in [0.1, 0.15) is 19.4 Å². The van der Waals surface area contributed by atoms with Gasteiger partial charge in [0.2, 0.25) is 11.0 Å². The largest absolute Gasteiger partial charge is 0.351 e. The summed E-state index contributed by atoms with van der Waals surface area (Å²) in [6, 6.07) is 7.06. The summed E-state index contributed by atoms with van der Waals surface area (Å²) in [5.74, 6) is -0.419. The summed E-state index contributed by atoms with van der Waals surface area (Å²) in [6.07, 6.45) is 0. The zero-order chi connectivity index (χ0) is 17.7. The van der Waals surface area contributed by atoms with Crippen molar-refractivity contribution in [2.75, 3.05) is 5.32 Å². The highest BCUT2D eigenvalue weighted by molar-refractivity contribution is 8.02. The van der Waals surface area contributed by atoms with E-state index in [-0.39, 0.29) is 5.92 Å². The van der Waals surface area contributed by atoms with Crippen LogP contribution in [0.3, 0.4) is 0 Å². The molecule has 1 unspecified atom stereocenters. The Bertz CT molecular complexity index is 732. The molecule has 0 saturated carbocycles. The van der Waals surface area contributed by atoms with Crippen molar-refractivity contribution < 1.29 is 9.59 Å². The maximum atomic E-state index is 12.0. The number of carbonyl (C=O) groups excluding carboxylic acids is 2. The molecule has 0 aliphatic rings. The number of aryl methyl sites for hydroxylation is 1. The van der Waals surface area contributed by atoms with E-state index in [2.05, 4.69) is 20.8 Å². The molecule has 0 aliphatic carbocycles. The highest BCUT2D eigenvalue weighted by Gasteiger charge is 2.26. The Morgan fingerprint density at radius 3 is 2.67 bits per heavy atom. The van der Waals surface area contributed by atoms with Crippen LogP contribution in [-0.2, 0) is 4.79 Å². The normalized spacial score (nSPS) is 12.0. The molecule has 24 heavy (non-hydrogen) atoms. The molecule has 3 amide bonds. The molecule has 128 valence electrons. The number of urea groups is 1. The quantitative estimate of drug-likeness (QED) is 0.679. The van der Waals surface area contributed by atoms with Crippen LogP contribution in [0.2, 0.25) is 0 Å². The number of carbonyl (C=O) groups is 2. The maximum Gasteiger partial charge on any atom is 0.318 e. The molecule has 1 aromatic heterocycles. The Hall–Kier alpha value is -2.13. The van der Waals surface area contributed by atoms with Crippen LogP contribution < -0.4 is 16.4 Å². The fourth-order valence-electron chi connectivity index (χ4n) is 1.95. The highest BCUT2D eigenvalue weighted by atomic mass is 32.2. The summed E-state index contributed by atoms with van der Waals surface area (Å²) in [4.78, 5) is 22.9. The van der Waals surface area contributed by atoms with Crippen LogP contribution in [0.5, 0.6) is 0 Å². The lowest BCUT2D eigenvalue weighted by Crippen LogP contribution is -2.42. The van der Waals surface area contributed by atoms with Crippen LogP contribution in [0.15, 0.2) is 28.6 Å². The van der Waals surface area contributed by atoms with Crippen LogP contribution in [0.4, 0.5) is 15.6 Å². The van der Waals surface area contributed by atoms with Crippen molar-refractivity contribution in [3.8, 4) is 0 Å². The molecule has 0 saturated heterocycles. The standard InChI is InChI=1S/C15H19N5O2S2/c1-8(2)11(12(21)18-13(16)22)23-15-20-19-14(24-15)17-10-6-4-5-9(3)7-10/h4-8,11H,1-3H3,(H,17,19)(H3,16,18,21,22). The van der Waals surface area contributed by atoms with Gasteiger partial charge in [0.1, 0.15) is 0 Å². The molecule has 0 fully saturated rings. The van der Waals surface area contributed by atoms with E-state index in [4.69, 9.17) is 5.73 Å². The van der Waals surface area contributed by atoms with Gasteiger partial charge in [0.05, 0.1) is 5.25 Å². The summed E-state index contributed by atoms with van der Waals surface area (Å²) in [6.45, 7) is 5.80. The zero-order valence-corrected chi connectivity index (χ0v) is 15.2. The number of imide groups is 1. The molecule has 2 aromatic rings. The number of anilines is 2. The minimum absolute atomic E-state index is 0.00596. The molecular formula is C15H19N5O2S2. The Kier molecular flexibility index (Phi) is 6.16. The van der Waals surface area contributed by atoms with Crippen molar-refractivity contribution in [2.45, 2.75) is 30.4 Å². The van der Waals surface area contributed by atoms with Crippen LogP contribution in [0.25, 0.3) is 0 Å². The zero-order valence-electron chi connectivity index (χ0n) is 13.6. The first-order valence-electron chi connectivity index (χ1n) is 7.29. The Morgan fingerprint density at radius 2 is 2.04 bits per heavy atom. The number of hydrogen-bond acceptors (Lipinski definition) is 7. The van der Waals surface area contributed by atoms with E-state index < -0.39 is 17.2 Å². The highest BCUT2D eigenvalue weighted by Crippen LogP contribution is 2.33. The van der Waals surface area contributed by atoms with Gasteiger partial charge in [0.15, 0.2) is 4.34 Å². The lowest BCUT2D eigenvalue weighted by atomic mass is 10.1. The number of nitrogens with two attached hydrogens (primary N) is 1. The number of thioether (sulfide) groups is 1. The molecule has 2 rings (SSSR count). The van der Waals surface area contributed by atoms with Gasteiger partial charge in [0, 0.05) is 5.69 Å². The SMILES string of the molecule is Cc1cccc(Nc2nnc(SC(C(=O)NC(N)=O)C(C)C)s2)c1. The fourth-order valence-corrected chi connectivity index (χ4v) is 3.93. The third-order valence-electron chi connectivity index (χ3n) is 3.01. The predicted molar refractivity (Wildman–Crippen MR) is 96.6 cm³/mol. The first kappa shape index (κ1) is 18.2. The fraction of sp³-hybridized carbons (Fsp3) is 0.333. The summed E-state index contributed by atoms with van der Waals surface area (Å²) in [5.41, 5.74) is 7.08. The molecular weight excluding hydrogens is 346 g/mol. The monoisotopic (exact) mass is 365 g/mol. The second kappa shape index (κ2) is 8.11. The van der Waals surface area contributed by atoms with Crippen molar-refractivity contribution in [3.63, 3.8) is 0 Å². The Balaban J connectivity index is 2.05. The van der Waals surface area contributed by atoms with Gasteiger partial charge in [-0.05, 0) is 30.5 Å². The van der Waals surface area contributed by atoms with E-state index in [1.807, 2.05) is 45.0 Å². The van der Waals surface area contributed by atoms with Crippen LogP contribution >= 0.6 is 23.1 Å². The second-order valence-corrected chi connectivity index (χ2v) is 7.87. The number of aromatic nitrogens is 2. The topological polar surface area (TPSA) is 110 Å². The van der Waals surface area contributed by atoms with Gasteiger partial charge < -0.3 is 11.1 Å². The predicted octanol–water partition coefficient (Wildman–Crippen LogP) is 2.90. The van der Waals surface area contributed by atoms with Crippen molar-refractivity contribution in [1.82, 2.24) is 15.5 Å². The molecule has 9 heteroatoms.